The third kappa shape index (κ3) is 7.03. The maximum absolute atomic E-state index is 11.9. The molecule has 1 aromatic heterocycles. The van der Waals surface area contributed by atoms with Crippen molar-refractivity contribution >= 4 is 28.7 Å². The van der Waals surface area contributed by atoms with E-state index in [4.69, 9.17) is 9.47 Å². The van der Waals surface area contributed by atoms with Crippen LogP contribution in [0, 0.1) is 3.70 Å². The van der Waals surface area contributed by atoms with Gasteiger partial charge in [0, 0.05) is 38.5 Å². The molecule has 1 unspecified atom stereocenters. The van der Waals surface area contributed by atoms with Gasteiger partial charge in [0.05, 0.1) is 0 Å². The van der Waals surface area contributed by atoms with E-state index in [9.17, 15) is 4.79 Å². The topological polar surface area (TPSA) is 68.6 Å². The van der Waals surface area contributed by atoms with Gasteiger partial charge in [-0.2, -0.15) is 5.10 Å². The molecule has 1 aromatic rings. The fourth-order valence-corrected chi connectivity index (χ4v) is 3.34. The zero-order chi connectivity index (χ0) is 19.2. The fraction of sp³-hybridized carbons (Fsp3) is 0.778. The van der Waals surface area contributed by atoms with E-state index in [1.807, 2.05) is 25.5 Å². The highest BCUT2D eigenvalue weighted by Crippen LogP contribution is 2.23. The van der Waals surface area contributed by atoms with Gasteiger partial charge in [-0.15, -0.1) is 0 Å². The predicted octanol–water partition coefficient (Wildman–Crippen LogP) is 3.19. The van der Waals surface area contributed by atoms with Crippen LogP contribution in [0.2, 0.25) is 0 Å². The van der Waals surface area contributed by atoms with Crippen LogP contribution < -0.4 is 5.32 Å². The monoisotopic (exact) mass is 478 g/mol. The van der Waals surface area contributed by atoms with E-state index in [2.05, 4.69) is 39.2 Å². The normalized spacial score (nSPS) is 18.0. The van der Waals surface area contributed by atoms with Crippen molar-refractivity contribution in [2.45, 2.75) is 58.3 Å². The first-order chi connectivity index (χ1) is 12.3. The summed E-state index contributed by atoms with van der Waals surface area (Å²) in [5.41, 5.74) is 0.769. The van der Waals surface area contributed by atoms with E-state index in [0.717, 1.165) is 42.7 Å². The lowest BCUT2D eigenvalue weighted by atomic mass is 10.2. The van der Waals surface area contributed by atoms with E-state index < -0.39 is 5.60 Å². The quantitative estimate of drug-likeness (QED) is 0.482. The lowest BCUT2D eigenvalue weighted by molar-refractivity contribution is -0.0397. The second-order valence-electron chi connectivity index (χ2n) is 7.65. The molecule has 7 nitrogen and oxygen atoms in total. The van der Waals surface area contributed by atoms with E-state index in [1.165, 1.54) is 12.0 Å². The predicted molar refractivity (Wildman–Crippen MR) is 109 cm³/mol. The minimum atomic E-state index is -0.461. The average Bonchev–Trinajstić information content (AvgIpc) is 2.94. The number of hydrogen-bond donors (Lipinski definition) is 1. The van der Waals surface area contributed by atoms with E-state index in [1.54, 1.807) is 11.9 Å². The summed E-state index contributed by atoms with van der Waals surface area (Å²) >= 11 is 2.29. The molecule has 1 aliphatic heterocycles. The standard InChI is InChI=1S/C18H31IN4O3/c1-18(2,3)26-17(24)22(4)11-10-20-9-8-14-13-23(21-16(14)19)15-7-5-6-12-25-15/h13,15,20H,5-12H2,1-4H3. The molecule has 0 spiro atoms. The van der Waals surface area contributed by atoms with Crippen LogP contribution in [0.25, 0.3) is 0 Å². The molecule has 148 valence electrons. The highest BCUT2D eigenvalue weighted by molar-refractivity contribution is 14.1. The number of halogens is 1. The summed E-state index contributed by atoms with van der Waals surface area (Å²) < 4.78 is 14.1. The van der Waals surface area contributed by atoms with Gasteiger partial charge >= 0.3 is 6.09 Å². The van der Waals surface area contributed by atoms with Gasteiger partial charge in [-0.1, -0.05) is 0 Å². The molecule has 1 amide bonds. The highest BCUT2D eigenvalue weighted by atomic mass is 127. The smallest absolute Gasteiger partial charge is 0.410 e. The highest BCUT2D eigenvalue weighted by Gasteiger charge is 2.20. The third-order valence-electron chi connectivity index (χ3n) is 4.11. The van der Waals surface area contributed by atoms with Crippen molar-refractivity contribution in [2.24, 2.45) is 0 Å². The molecule has 1 atom stereocenters. The van der Waals surface area contributed by atoms with Gasteiger partial charge in [0.25, 0.3) is 0 Å². The van der Waals surface area contributed by atoms with Gasteiger partial charge in [0.2, 0.25) is 0 Å². The summed E-state index contributed by atoms with van der Waals surface area (Å²) in [6, 6.07) is 0. The summed E-state index contributed by atoms with van der Waals surface area (Å²) in [7, 11) is 1.76. The van der Waals surface area contributed by atoms with Crippen LogP contribution in [0.1, 0.15) is 51.8 Å². The van der Waals surface area contributed by atoms with Crippen LogP contribution in [0.5, 0.6) is 0 Å². The first-order valence-corrected chi connectivity index (χ1v) is 10.3. The fourth-order valence-electron chi connectivity index (χ4n) is 2.68. The number of aromatic nitrogens is 2. The second kappa shape index (κ2) is 9.89. The van der Waals surface area contributed by atoms with E-state index in [-0.39, 0.29) is 12.3 Å². The van der Waals surface area contributed by atoms with Gasteiger partial charge in [0.1, 0.15) is 15.5 Å². The van der Waals surface area contributed by atoms with Crippen molar-refractivity contribution in [3.05, 3.63) is 15.5 Å². The summed E-state index contributed by atoms with van der Waals surface area (Å²) in [4.78, 5) is 13.5. The number of hydrogen-bond acceptors (Lipinski definition) is 5. The van der Waals surface area contributed by atoms with Crippen LogP contribution in [-0.4, -0.2) is 59.7 Å². The van der Waals surface area contributed by atoms with Crippen molar-refractivity contribution in [3.8, 4) is 0 Å². The Balaban J connectivity index is 1.68. The summed E-state index contributed by atoms with van der Waals surface area (Å²) in [6.45, 7) is 8.62. The Kier molecular flexibility index (Phi) is 8.15. The number of ether oxygens (including phenoxy) is 2. The van der Waals surface area contributed by atoms with Gasteiger partial charge in [-0.25, -0.2) is 9.48 Å². The third-order valence-corrected chi connectivity index (χ3v) is 5.02. The van der Waals surface area contributed by atoms with Crippen LogP contribution in [-0.2, 0) is 15.9 Å². The maximum atomic E-state index is 11.9. The number of carbonyl (C=O) groups excluding carboxylic acids is 1. The molecule has 2 heterocycles. The Hall–Kier alpha value is -0.870. The van der Waals surface area contributed by atoms with Crippen molar-refractivity contribution in [3.63, 3.8) is 0 Å². The second-order valence-corrected chi connectivity index (χ2v) is 8.67. The Morgan fingerprint density at radius 3 is 2.88 bits per heavy atom. The van der Waals surface area contributed by atoms with Gasteiger partial charge in [0.15, 0.2) is 0 Å². The first kappa shape index (κ1) is 21.4. The zero-order valence-corrected chi connectivity index (χ0v) is 18.4. The number of rotatable bonds is 7. The Labute approximate surface area is 169 Å². The SMILES string of the molecule is CN(CCNCCc1cn(C2CCCCO2)nc1I)C(=O)OC(C)(C)C. The first-order valence-electron chi connectivity index (χ1n) is 9.26. The van der Waals surface area contributed by atoms with Crippen LogP contribution in [0.4, 0.5) is 4.79 Å². The van der Waals surface area contributed by atoms with Crippen molar-refractivity contribution in [1.82, 2.24) is 20.0 Å². The number of amides is 1. The maximum Gasteiger partial charge on any atom is 0.410 e. The van der Waals surface area contributed by atoms with E-state index >= 15 is 0 Å². The largest absolute Gasteiger partial charge is 0.444 e. The molecule has 26 heavy (non-hydrogen) atoms. The lowest BCUT2D eigenvalue weighted by Gasteiger charge is -2.24. The Bertz CT molecular complexity index is 579. The van der Waals surface area contributed by atoms with Crippen molar-refractivity contribution in [1.29, 1.82) is 0 Å². The molecular formula is C18H31IN4O3. The Morgan fingerprint density at radius 1 is 1.46 bits per heavy atom. The zero-order valence-electron chi connectivity index (χ0n) is 16.3. The Morgan fingerprint density at radius 2 is 2.23 bits per heavy atom. The molecule has 0 bridgehead atoms. The van der Waals surface area contributed by atoms with Gasteiger partial charge in [-0.05, 0) is 75.6 Å². The molecule has 0 aliphatic carbocycles. The molecule has 1 aliphatic rings. The molecule has 2 rings (SSSR count). The van der Waals surface area contributed by atoms with Crippen LogP contribution in [0.15, 0.2) is 6.20 Å². The number of nitrogens with zero attached hydrogens (tertiary/aromatic N) is 3. The molecular weight excluding hydrogens is 447 g/mol. The number of likely N-dealkylation sites (N-methyl/N-ethyl adjacent to an activating group) is 1. The van der Waals surface area contributed by atoms with Crippen molar-refractivity contribution in [2.75, 3.05) is 33.3 Å². The van der Waals surface area contributed by atoms with Gasteiger partial charge < -0.3 is 19.7 Å². The summed E-state index contributed by atoms with van der Waals surface area (Å²) in [5.74, 6) is 0. The summed E-state index contributed by atoms with van der Waals surface area (Å²) in [5, 5.41) is 7.98. The van der Waals surface area contributed by atoms with Crippen molar-refractivity contribution < 1.29 is 14.3 Å². The van der Waals surface area contributed by atoms with E-state index in [0.29, 0.717) is 6.54 Å². The molecule has 1 fully saturated rings. The molecule has 0 radical (unpaired) electrons. The molecule has 1 saturated heterocycles. The lowest BCUT2D eigenvalue weighted by Crippen LogP contribution is -2.38. The molecule has 0 saturated carbocycles. The number of nitrogens with one attached hydrogen (secondary N) is 1. The number of carbonyl (C=O) groups is 1. The summed E-state index contributed by atoms with van der Waals surface area (Å²) in [6.07, 6.45) is 6.18. The minimum absolute atomic E-state index is 0.0847. The van der Waals surface area contributed by atoms with Crippen LogP contribution in [0.3, 0.4) is 0 Å². The van der Waals surface area contributed by atoms with Gasteiger partial charge in [-0.3, -0.25) is 0 Å². The molecule has 1 N–H and O–H groups in total. The molecule has 0 aromatic carbocycles. The molecule has 8 heteroatoms. The van der Waals surface area contributed by atoms with Crippen LogP contribution >= 0.6 is 22.6 Å². The minimum Gasteiger partial charge on any atom is -0.444 e. The average molecular weight is 478 g/mol.